The highest BCUT2D eigenvalue weighted by Crippen LogP contribution is 1.81. The maximum Gasteiger partial charge on any atom is 0.245 e. The molecule has 0 aliphatic heterocycles. The summed E-state index contributed by atoms with van der Waals surface area (Å²) in [4.78, 5) is 0. The van der Waals surface area contributed by atoms with Gasteiger partial charge in [0.2, 0.25) is 6.33 Å². The van der Waals surface area contributed by atoms with Gasteiger partial charge in [0.15, 0.2) is 13.1 Å². The molecule has 0 aromatic carbocycles. The van der Waals surface area contributed by atoms with Gasteiger partial charge in [-0.1, -0.05) is 11.8 Å². The van der Waals surface area contributed by atoms with Gasteiger partial charge in [-0.2, -0.15) is 0 Å². The zero-order valence-electron chi connectivity index (χ0n) is 6.57. The zero-order chi connectivity index (χ0) is 8.10. The first kappa shape index (κ1) is 11.1. The van der Waals surface area contributed by atoms with Crippen LogP contribution in [-0.4, -0.2) is 4.57 Å². The van der Waals surface area contributed by atoms with Crippen LogP contribution in [0.5, 0.6) is 0 Å². The lowest BCUT2D eigenvalue weighted by molar-refractivity contribution is -0.684. The van der Waals surface area contributed by atoms with Crippen LogP contribution in [-0.2, 0) is 13.1 Å². The van der Waals surface area contributed by atoms with Crippen molar-refractivity contribution in [2.75, 3.05) is 0 Å². The van der Waals surface area contributed by atoms with E-state index < -0.39 is 0 Å². The number of hydrogen-bond donors (Lipinski definition) is 0. The Morgan fingerprint density at radius 1 is 1.33 bits per heavy atom. The molecule has 1 aromatic heterocycles. The molecule has 0 bridgehead atoms. The third-order valence-corrected chi connectivity index (χ3v) is 1.29. The first-order valence-corrected chi connectivity index (χ1v) is 3.28. The van der Waals surface area contributed by atoms with Gasteiger partial charge in [-0.15, -0.1) is 12.8 Å². The second-order valence-electron chi connectivity index (χ2n) is 2.17. The van der Waals surface area contributed by atoms with E-state index in [-0.39, 0.29) is 24.0 Å². The average Bonchev–Trinajstić information content (AvgIpc) is 2.38. The summed E-state index contributed by atoms with van der Waals surface area (Å²) in [6, 6.07) is 0. The van der Waals surface area contributed by atoms with Gasteiger partial charge in [0.1, 0.15) is 12.4 Å². The molecule has 0 aliphatic rings. The van der Waals surface area contributed by atoms with Crippen molar-refractivity contribution in [2.45, 2.75) is 13.1 Å². The lowest BCUT2D eigenvalue weighted by atomic mass is 10.6. The van der Waals surface area contributed by atoms with E-state index in [9.17, 15) is 0 Å². The van der Waals surface area contributed by atoms with Crippen LogP contribution in [0, 0.1) is 24.7 Å². The first-order valence-electron chi connectivity index (χ1n) is 3.28. The van der Waals surface area contributed by atoms with Crippen LogP contribution in [0.3, 0.4) is 0 Å². The Labute approximate surface area is 89.6 Å². The van der Waals surface area contributed by atoms with Gasteiger partial charge in [0.05, 0.1) is 0 Å². The quantitative estimate of drug-likeness (QED) is 0.309. The fraction of sp³-hybridized carbons (Fsp3) is 0.222. The molecule has 0 aliphatic carbocycles. The molecule has 62 valence electrons. The Hall–Kier alpha value is -0.940. The Morgan fingerprint density at radius 2 is 2.08 bits per heavy atom. The molecule has 0 fully saturated rings. The number of imidazole rings is 1. The Morgan fingerprint density at radius 3 is 2.67 bits per heavy atom. The normalized spacial score (nSPS) is 7.83. The van der Waals surface area contributed by atoms with E-state index in [1.165, 1.54) is 0 Å². The molecule has 0 spiro atoms. The van der Waals surface area contributed by atoms with Crippen molar-refractivity contribution < 1.29 is 28.5 Å². The molecule has 0 unspecified atom stereocenters. The highest BCUT2D eigenvalue weighted by atomic mass is 127. The van der Waals surface area contributed by atoms with Crippen LogP contribution in [0.2, 0.25) is 0 Å². The molecule has 1 heterocycles. The molecule has 0 N–H and O–H groups in total. The van der Waals surface area contributed by atoms with Crippen molar-refractivity contribution in [3.63, 3.8) is 0 Å². The molecule has 3 heteroatoms. The minimum Gasteiger partial charge on any atom is -1.00 e. The summed E-state index contributed by atoms with van der Waals surface area (Å²) in [6.45, 7) is 1.19. The Balaban J connectivity index is 0.00000121. The maximum absolute atomic E-state index is 5.12. The van der Waals surface area contributed by atoms with E-state index in [1.807, 2.05) is 27.9 Å². The first-order chi connectivity index (χ1) is 5.36. The summed E-state index contributed by atoms with van der Waals surface area (Å²) in [5.41, 5.74) is 0. The SMILES string of the molecule is C#CCn1cc[n+](CC#C)c1.[I-]. The molecule has 1 rings (SSSR count). The fourth-order valence-corrected chi connectivity index (χ4v) is 0.837. The lowest BCUT2D eigenvalue weighted by Gasteiger charge is -1.84. The number of halogens is 1. The number of aromatic nitrogens is 2. The van der Waals surface area contributed by atoms with Crippen molar-refractivity contribution in [2.24, 2.45) is 0 Å². The molecule has 0 saturated carbocycles. The molecular weight excluding hydrogens is 263 g/mol. The van der Waals surface area contributed by atoms with Gasteiger partial charge < -0.3 is 24.0 Å². The average molecular weight is 272 g/mol. The second kappa shape index (κ2) is 5.68. The van der Waals surface area contributed by atoms with Gasteiger partial charge >= 0.3 is 0 Å². The standard InChI is InChI=1S/C9H9N2.HI/c1-3-5-10-7-8-11(9-10)6-4-2;/h1-2,7-9H,5-6H2;1H/q+1;/p-1. The number of hydrogen-bond acceptors (Lipinski definition) is 0. The topological polar surface area (TPSA) is 8.81 Å². The zero-order valence-corrected chi connectivity index (χ0v) is 8.73. The summed E-state index contributed by atoms with van der Waals surface area (Å²) < 4.78 is 3.80. The van der Waals surface area contributed by atoms with Crippen molar-refractivity contribution in [3.05, 3.63) is 18.7 Å². The van der Waals surface area contributed by atoms with Crippen molar-refractivity contribution in [1.29, 1.82) is 0 Å². The predicted octanol–water partition coefficient (Wildman–Crippen LogP) is -2.95. The van der Waals surface area contributed by atoms with Gasteiger partial charge in [0, 0.05) is 0 Å². The minimum atomic E-state index is 0. The second-order valence-corrected chi connectivity index (χ2v) is 2.17. The molecule has 2 nitrogen and oxygen atoms in total. The van der Waals surface area contributed by atoms with Crippen LogP contribution in [0.1, 0.15) is 0 Å². The van der Waals surface area contributed by atoms with Crippen LogP contribution >= 0.6 is 0 Å². The fourth-order valence-electron chi connectivity index (χ4n) is 0.837. The van der Waals surface area contributed by atoms with Gasteiger partial charge in [-0.3, -0.25) is 0 Å². The van der Waals surface area contributed by atoms with E-state index in [0.717, 1.165) is 0 Å². The van der Waals surface area contributed by atoms with Crippen LogP contribution in [0.4, 0.5) is 0 Å². The highest BCUT2D eigenvalue weighted by Gasteiger charge is 1.98. The molecular formula is C9H9IN2. The number of rotatable bonds is 2. The summed E-state index contributed by atoms with van der Waals surface area (Å²) in [7, 11) is 0. The van der Waals surface area contributed by atoms with Crippen LogP contribution in [0.25, 0.3) is 0 Å². The third-order valence-electron chi connectivity index (χ3n) is 1.29. The van der Waals surface area contributed by atoms with Gasteiger partial charge in [-0.25, -0.2) is 9.13 Å². The molecule has 12 heavy (non-hydrogen) atoms. The summed E-state index contributed by atoms with van der Waals surface area (Å²) in [5, 5.41) is 0. The smallest absolute Gasteiger partial charge is 0.245 e. The van der Waals surface area contributed by atoms with Crippen LogP contribution < -0.4 is 28.5 Å². The van der Waals surface area contributed by atoms with Crippen molar-refractivity contribution in [1.82, 2.24) is 4.57 Å². The highest BCUT2D eigenvalue weighted by molar-refractivity contribution is 4.86. The lowest BCUT2D eigenvalue weighted by Crippen LogP contribution is -3.00. The van der Waals surface area contributed by atoms with Crippen molar-refractivity contribution in [3.8, 4) is 24.7 Å². The summed E-state index contributed by atoms with van der Waals surface area (Å²) in [5.74, 6) is 5.07. The maximum atomic E-state index is 5.12. The van der Waals surface area contributed by atoms with Crippen molar-refractivity contribution >= 4 is 0 Å². The molecule has 0 saturated heterocycles. The van der Waals surface area contributed by atoms with Gasteiger partial charge in [-0.05, 0) is 0 Å². The number of terminal acetylenes is 2. The largest absolute Gasteiger partial charge is 1.00 e. The molecule has 0 amide bonds. The molecule has 1 aromatic rings. The van der Waals surface area contributed by atoms with E-state index >= 15 is 0 Å². The van der Waals surface area contributed by atoms with E-state index in [0.29, 0.717) is 13.1 Å². The minimum absolute atomic E-state index is 0. The predicted molar refractivity (Wildman–Crippen MR) is 42.3 cm³/mol. The number of nitrogens with zero attached hydrogens (tertiary/aromatic N) is 2. The monoisotopic (exact) mass is 272 g/mol. The molecule has 0 atom stereocenters. The summed E-state index contributed by atoms with van der Waals surface area (Å²) >= 11 is 0. The van der Waals surface area contributed by atoms with E-state index in [2.05, 4.69) is 11.8 Å². The van der Waals surface area contributed by atoms with Gasteiger partial charge in [0.25, 0.3) is 0 Å². The third kappa shape index (κ3) is 2.98. The Kier molecular flexibility index (Phi) is 5.23. The summed E-state index contributed by atoms with van der Waals surface area (Å²) in [6.07, 6.45) is 15.9. The van der Waals surface area contributed by atoms with E-state index in [1.54, 1.807) is 0 Å². The van der Waals surface area contributed by atoms with Crippen LogP contribution in [0.15, 0.2) is 18.7 Å². The Bertz CT molecular complexity index is 284. The molecule has 0 radical (unpaired) electrons. The van der Waals surface area contributed by atoms with E-state index in [4.69, 9.17) is 12.8 Å².